The number of thiazole rings is 1. The van der Waals surface area contributed by atoms with Crippen LogP contribution >= 0.6 is 11.3 Å². The van der Waals surface area contributed by atoms with Gasteiger partial charge in [0.15, 0.2) is 0 Å². The smallest absolute Gasteiger partial charge is 0.352 e. The summed E-state index contributed by atoms with van der Waals surface area (Å²) in [6.07, 6.45) is -1.62. The zero-order valence-electron chi connectivity index (χ0n) is 12.9. The van der Waals surface area contributed by atoms with Crippen molar-refractivity contribution in [2.45, 2.75) is 37.9 Å². The van der Waals surface area contributed by atoms with Crippen LogP contribution in [-0.2, 0) is 17.4 Å². The summed E-state index contributed by atoms with van der Waals surface area (Å²) in [7, 11) is 0. The number of rotatable bonds is 4. The van der Waals surface area contributed by atoms with Crippen molar-refractivity contribution in [2.75, 3.05) is 13.1 Å². The topological polar surface area (TPSA) is 54.0 Å². The van der Waals surface area contributed by atoms with Gasteiger partial charge in [-0.3, -0.25) is 4.79 Å². The lowest BCUT2D eigenvalue weighted by Crippen LogP contribution is -2.45. The Morgan fingerprint density at radius 1 is 1.42 bits per heavy atom. The number of piperidine rings is 1. The summed E-state index contributed by atoms with van der Waals surface area (Å²) in [6, 6.07) is 3.72. The first-order valence-electron chi connectivity index (χ1n) is 7.88. The molecular weight excluding hydrogens is 339 g/mol. The number of amides is 1. The lowest BCUT2D eigenvalue weighted by molar-refractivity contribution is -0.137. The minimum absolute atomic E-state index is 0.0427. The molecule has 1 aliphatic heterocycles. The molecule has 1 saturated heterocycles. The van der Waals surface area contributed by atoms with Crippen LogP contribution in [0.3, 0.4) is 0 Å². The number of aryl methyl sites for hydroxylation is 1. The summed E-state index contributed by atoms with van der Waals surface area (Å²) in [5.74, 6) is -0.0427. The fourth-order valence-electron chi connectivity index (χ4n) is 2.75. The molecule has 8 heteroatoms. The van der Waals surface area contributed by atoms with E-state index in [-0.39, 0.29) is 11.9 Å². The van der Waals surface area contributed by atoms with Crippen LogP contribution in [0.2, 0.25) is 0 Å². The van der Waals surface area contributed by atoms with Crippen LogP contribution in [0.4, 0.5) is 13.2 Å². The number of halogens is 3. The fraction of sp³-hybridized carbons (Fsp3) is 0.500. The van der Waals surface area contributed by atoms with E-state index in [1.165, 1.54) is 17.4 Å². The van der Waals surface area contributed by atoms with Crippen molar-refractivity contribution < 1.29 is 18.0 Å². The molecular formula is C16H18F3N3OS. The standard InChI is InChI=1S/C16H18F3N3OS/c17-16(18,19)10-3-4-13-12(8-10)22-15(24-13)6-5-14(23)21-11-2-1-7-20-9-11/h3-4,8,11,20H,1-2,5-7,9H2,(H,21,23)/t11-/m0/s1. The summed E-state index contributed by atoms with van der Waals surface area (Å²) in [6.45, 7) is 1.77. The molecule has 24 heavy (non-hydrogen) atoms. The molecule has 130 valence electrons. The van der Waals surface area contributed by atoms with Gasteiger partial charge in [-0.2, -0.15) is 13.2 Å². The second-order valence-corrected chi connectivity index (χ2v) is 7.01. The highest BCUT2D eigenvalue weighted by atomic mass is 32.1. The van der Waals surface area contributed by atoms with Crippen LogP contribution in [-0.4, -0.2) is 30.0 Å². The van der Waals surface area contributed by atoms with E-state index in [4.69, 9.17) is 0 Å². The third-order valence-electron chi connectivity index (χ3n) is 3.99. The van der Waals surface area contributed by atoms with Crippen LogP contribution < -0.4 is 10.6 Å². The number of carbonyl (C=O) groups is 1. The molecule has 0 saturated carbocycles. The maximum atomic E-state index is 12.7. The zero-order valence-corrected chi connectivity index (χ0v) is 13.8. The minimum atomic E-state index is -4.37. The summed E-state index contributed by atoms with van der Waals surface area (Å²) in [5, 5.41) is 6.89. The molecule has 0 spiro atoms. The van der Waals surface area contributed by atoms with Gasteiger partial charge in [-0.15, -0.1) is 11.3 Å². The van der Waals surface area contributed by atoms with E-state index in [1.54, 1.807) is 0 Å². The van der Waals surface area contributed by atoms with E-state index in [0.717, 1.165) is 38.1 Å². The number of hydrogen-bond acceptors (Lipinski definition) is 4. The predicted molar refractivity (Wildman–Crippen MR) is 87.0 cm³/mol. The molecule has 2 N–H and O–H groups in total. The van der Waals surface area contributed by atoms with Crippen LogP contribution in [0.1, 0.15) is 29.8 Å². The molecule has 4 nitrogen and oxygen atoms in total. The first kappa shape index (κ1) is 17.2. The van der Waals surface area contributed by atoms with Crippen LogP contribution in [0.5, 0.6) is 0 Å². The predicted octanol–water partition coefficient (Wildman–Crippen LogP) is 3.12. The first-order valence-corrected chi connectivity index (χ1v) is 8.70. The molecule has 1 fully saturated rings. The molecule has 1 aliphatic rings. The van der Waals surface area contributed by atoms with E-state index in [1.807, 2.05) is 0 Å². The summed E-state index contributed by atoms with van der Waals surface area (Å²) in [5.41, 5.74) is -0.365. The van der Waals surface area contributed by atoms with Crippen molar-refractivity contribution in [3.63, 3.8) is 0 Å². The fourth-order valence-corrected chi connectivity index (χ4v) is 3.70. The highest BCUT2D eigenvalue weighted by molar-refractivity contribution is 7.18. The largest absolute Gasteiger partial charge is 0.416 e. The molecule has 1 amide bonds. The molecule has 3 rings (SSSR count). The number of aromatic nitrogens is 1. The molecule has 0 radical (unpaired) electrons. The average Bonchev–Trinajstić information content (AvgIpc) is 2.95. The van der Waals surface area contributed by atoms with Gasteiger partial charge in [0.25, 0.3) is 0 Å². The Balaban J connectivity index is 1.59. The van der Waals surface area contributed by atoms with E-state index < -0.39 is 11.7 Å². The number of carbonyl (C=O) groups excluding carboxylic acids is 1. The molecule has 0 aliphatic carbocycles. The SMILES string of the molecule is O=C(CCc1nc2cc(C(F)(F)F)ccc2s1)N[C@H]1CCCNC1. The number of alkyl halides is 3. The van der Waals surface area contributed by atoms with Gasteiger partial charge in [0.2, 0.25) is 5.91 Å². The number of hydrogen-bond donors (Lipinski definition) is 2. The number of fused-ring (bicyclic) bond motifs is 1. The lowest BCUT2D eigenvalue weighted by atomic mass is 10.1. The highest BCUT2D eigenvalue weighted by Crippen LogP contribution is 2.33. The van der Waals surface area contributed by atoms with Crippen LogP contribution in [0.25, 0.3) is 10.2 Å². The van der Waals surface area contributed by atoms with Crippen LogP contribution in [0, 0.1) is 0 Å². The number of nitrogens with zero attached hydrogens (tertiary/aromatic N) is 1. The molecule has 2 heterocycles. The van der Waals surface area contributed by atoms with Gasteiger partial charge in [0.1, 0.15) is 0 Å². The van der Waals surface area contributed by atoms with Crippen molar-refractivity contribution in [2.24, 2.45) is 0 Å². The monoisotopic (exact) mass is 357 g/mol. The summed E-state index contributed by atoms with van der Waals surface area (Å²) < 4.78 is 38.9. The second kappa shape index (κ2) is 7.06. The van der Waals surface area contributed by atoms with Gasteiger partial charge in [0, 0.05) is 25.4 Å². The normalized spacial score (nSPS) is 18.7. The third-order valence-corrected chi connectivity index (χ3v) is 5.08. The quantitative estimate of drug-likeness (QED) is 0.884. The van der Waals surface area contributed by atoms with E-state index in [0.29, 0.717) is 28.1 Å². The van der Waals surface area contributed by atoms with Crippen molar-refractivity contribution in [3.05, 3.63) is 28.8 Å². The van der Waals surface area contributed by atoms with Crippen molar-refractivity contribution in [1.29, 1.82) is 0 Å². The lowest BCUT2D eigenvalue weighted by Gasteiger charge is -2.23. The summed E-state index contributed by atoms with van der Waals surface area (Å²) in [4.78, 5) is 16.2. The van der Waals surface area contributed by atoms with Gasteiger partial charge in [0.05, 0.1) is 20.8 Å². The van der Waals surface area contributed by atoms with Gasteiger partial charge < -0.3 is 10.6 Å². The Labute approximate surface area is 141 Å². The maximum Gasteiger partial charge on any atom is 0.416 e. The third kappa shape index (κ3) is 4.24. The molecule has 1 aromatic heterocycles. The van der Waals surface area contributed by atoms with Gasteiger partial charge in [-0.25, -0.2) is 4.98 Å². The van der Waals surface area contributed by atoms with Gasteiger partial charge >= 0.3 is 6.18 Å². The van der Waals surface area contributed by atoms with Gasteiger partial charge in [-0.05, 0) is 37.6 Å². The molecule has 0 unspecified atom stereocenters. The maximum absolute atomic E-state index is 12.7. The van der Waals surface area contributed by atoms with E-state index in [2.05, 4.69) is 15.6 Å². The highest BCUT2D eigenvalue weighted by Gasteiger charge is 2.30. The Bertz CT molecular complexity index is 723. The zero-order chi connectivity index (χ0) is 17.2. The second-order valence-electron chi connectivity index (χ2n) is 5.90. The first-order chi connectivity index (χ1) is 11.4. The Morgan fingerprint density at radius 2 is 2.25 bits per heavy atom. The molecule has 2 aromatic rings. The van der Waals surface area contributed by atoms with Crippen molar-refractivity contribution in [3.8, 4) is 0 Å². The summed E-state index contributed by atoms with van der Waals surface area (Å²) >= 11 is 1.33. The Morgan fingerprint density at radius 3 is 2.96 bits per heavy atom. The minimum Gasteiger partial charge on any atom is -0.352 e. The number of nitrogens with one attached hydrogen (secondary N) is 2. The average molecular weight is 357 g/mol. The van der Waals surface area contributed by atoms with E-state index >= 15 is 0 Å². The van der Waals surface area contributed by atoms with Crippen molar-refractivity contribution in [1.82, 2.24) is 15.6 Å². The Hall–Kier alpha value is -1.67. The van der Waals surface area contributed by atoms with E-state index in [9.17, 15) is 18.0 Å². The Kier molecular flexibility index (Phi) is 5.05. The van der Waals surface area contributed by atoms with Crippen LogP contribution in [0.15, 0.2) is 18.2 Å². The van der Waals surface area contributed by atoms with Gasteiger partial charge in [-0.1, -0.05) is 0 Å². The molecule has 1 atom stereocenters. The van der Waals surface area contributed by atoms with Crippen molar-refractivity contribution >= 4 is 27.5 Å². The molecule has 0 bridgehead atoms. The molecule has 1 aromatic carbocycles. The number of benzene rings is 1.